The molecule has 286 valence electrons. The Morgan fingerprint density at radius 1 is 0.780 bits per heavy atom. The predicted molar refractivity (Wildman–Crippen MR) is 200 cm³/mol. The quantitative estimate of drug-likeness (QED) is 0.0970. The molecule has 0 unspecified atom stereocenters. The normalized spacial score (nSPS) is 21.7. The van der Waals surface area contributed by atoms with E-state index in [1.54, 1.807) is 12.1 Å². The Hall–Kier alpha value is -2.14. The van der Waals surface area contributed by atoms with E-state index in [0.29, 0.717) is 55.3 Å². The van der Waals surface area contributed by atoms with E-state index in [4.69, 9.17) is 14.6 Å². The minimum absolute atomic E-state index is 0. The number of hydrogen-bond donors (Lipinski definition) is 1. The molecule has 13 heteroatoms. The second-order valence-corrected chi connectivity index (χ2v) is 25.9. The first-order valence-corrected chi connectivity index (χ1v) is 22.6. The molecule has 2 aliphatic carbocycles. The zero-order valence-electron chi connectivity index (χ0n) is 31.6. The van der Waals surface area contributed by atoms with Crippen molar-refractivity contribution in [1.29, 1.82) is 0 Å². The molecule has 2 aromatic rings. The molecule has 2 aromatic carbocycles. The molecule has 0 heterocycles. The first kappa shape index (κ1) is 45.9. The minimum Gasteiger partial charge on any atom is -0.407 e. The van der Waals surface area contributed by atoms with Gasteiger partial charge in [-0.3, -0.25) is 19.7 Å². The zero-order chi connectivity index (χ0) is 36.4. The fourth-order valence-corrected chi connectivity index (χ4v) is 8.25. The Labute approximate surface area is 315 Å². The summed E-state index contributed by atoms with van der Waals surface area (Å²) >= 11 is 0. The number of anilines is 1. The molecule has 0 saturated heterocycles. The van der Waals surface area contributed by atoms with Gasteiger partial charge in [-0.1, -0.05) is 47.6 Å². The molecule has 0 aromatic heterocycles. The average molecular weight is 828 g/mol. The van der Waals surface area contributed by atoms with Crippen LogP contribution in [0.25, 0.3) is 0 Å². The summed E-state index contributed by atoms with van der Waals surface area (Å²) in [7, 11) is -4.13. The van der Waals surface area contributed by atoms with Crippen molar-refractivity contribution in [1.82, 2.24) is 0 Å². The summed E-state index contributed by atoms with van der Waals surface area (Å²) in [5.41, 5.74) is 6.87. The number of ketones is 2. The van der Waals surface area contributed by atoms with Crippen LogP contribution in [0.15, 0.2) is 36.4 Å². The number of benzene rings is 2. The Morgan fingerprint density at radius 2 is 1.16 bits per heavy atom. The summed E-state index contributed by atoms with van der Waals surface area (Å²) in [4.78, 5) is 34.8. The SMILES string of the molecule is CC(C)(C)[Si](C)(C)O[C@H]1C[C@H](c2ccc(N)cc2F)CCC1=O.CC(C)(C)[Si](C)(C)O[C@H]1C[C@H](c2ccc([N+](=O)[O-])cc2F)CCC1=O.[CH3-].[HH].[Pd]. The molecule has 0 spiro atoms. The fraction of sp³-hybridized carbons (Fsp3) is 0.595. The van der Waals surface area contributed by atoms with E-state index in [1.165, 1.54) is 18.2 Å². The monoisotopic (exact) mass is 827 g/mol. The number of nitro benzene ring substituents is 1. The maximum atomic E-state index is 14.3. The molecule has 2 aliphatic rings. The fourth-order valence-electron chi connectivity index (χ4n) is 5.66. The first-order valence-electron chi connectivity index (χ1n) is 16.8. The van der Waals surface area contributed by atoms with Gasteiger partial charge in [0.15, 0.2) is 28.2 Å². The number of nitrogen functional groups attached to an aromatic ring is 1. The van der Waals surface area contributed by atoms with Crippen LogP contribution in [0.2, 0.25) is 36.3 Å². The number of Topliss-reactive ketones (excluding diaryl/α,β-unsaturated/α-hetero) is 2. The van der Waals surface area contributed by atoms with Crippen LogP contribution in [0.4, 0.5) is 20.2 Å². The molecular formula is C37H59F2N2O6PdSi2-. The Morgan fingerprint density at radius 3 is 1.50 bits per heavy atom. The third kappa shape index (κ3) is 11.4. The topological polar surface area (TPSA) is 122 Å². The van der Waals surface area contributed by atoms with Crippen molar-refractivity contribution < 1.29 is 54.0 Å². The second kappa shape index (κ2) is 17.6. The van der Waals surface area contributed by atoms with E-state index in [1.807, 2.05) is 0 Å². The predicted octanol–water partition coefficient (Wildman–Crippen LogP) is 10.3. The van der Waals surface area contributed by atoms with Crippen molar-refractivity contribution in [3.05, 3.63) is 76.7 Å². The van der Waals surface area contributed by atoms with Gasteiger partial charge in [0.25, 0.3) is 5.69 Å². The minimum atomic E-state index is -2.11. The van der Waals surface area contributed by atoms with E-state index in [0.717, 1.165) is 6.07 Å². The zero-order valence-corrected chi connectivity index (χ0v) is 35.1. The van der Waals surface area contributed by atoms with Crippen molar-refractivity contribution in [3.8, 4) is 0 Å². The molecule has 0 amide bonds. The van der Waals surface area contributed by atoms with Gasteiger partial charge in [-0.25, -0.2) is 8.78 Å². The van der Waals surface area contributed by atoms with Crippen molar-refractivity contribution in [2.75, 3.05) is 5.73 Å². The number of rotatable bonds is 7. The molecule has 2 fully saturated rings. The van der Waals surface area contributed by atoms with Crippen LogP contribution in [0.1, 0.15) is 104 Å². The van der Waals surface area contributed by atoms with Crippen LogP contribution in [-0.2, 0) is 38.9 Å². The van der Waals surface area contributed by atoms with Gasteiger partial charge in [-0.15, -0.1) is 0 Å². The second-order valence-electron chi connectivity index (χ2n) is 16.4. The summed E-state index contributed by atoms with van der Waals surface area (Å²) in [5.74, 6) is -0.781. The molecule has 0 radical (unpaired) electrons. The molecular weight excluding hydrogens is 769 g/mol. The van der Waals surface area contributed by atoms with Crippen molar-refractivity contribution >= 4 is 39.6 Å². The number of halogens is 2. The third-order valence-corrected chi connectivity index (χ3v) is 19.8. The van der Waals surface area contributed by atoms with Gasteiger partial charge in [-0.05, 0) is 103 Å². The summed E-state index contributed by atoms with van der Waals surface area (Å²) in [5, 5.41) is 10.8. The largest absolute Gasteiger partial charge is 0.407 e. The van der Waals surface area contributed by atoms with Crippen LogP contribution in [0, 0.1) is 29.2 Å². The van der Waals surface area contributed by atoms with E-state index < -0.39 is 39.6 Å². The number of nitrogens with zero attached hydrogens (tertiary/aromatic N) is 1. The smallest absolute Gasteiger partial charge is 0.272 e. The first-order chi connectivity index (χ1) is 21.9. The number of non-ortho nitro benzene ring substituents is 1. The van der Waals surface area contributed by atoms with Gasteiger partial charge >= 0.3 is 0 Å². The molecule has 0 aliphatic heterocycles. The molecule has 4 rings (SSSR count). The summed E-state index contributed by atoms with van der Waals surface area (Å²) in [6.07, 6.45) is 2.09. The van der Waals surface area contributed by atoms with Gasteiger partial charge in [0.1, 0.15) is 23.8 Å². The van der Waals surface area contributed by atoms with Gasteiger partial charge in [0.2, 0.25) is 0 Å². The van der Waals surface area contributed by atoms with Crippen molar-refractivity contribution in [3.63, 3.8) is 0 Å². The Bertz CT molecular complexity index is 1520. The molecule has 8 nitrogen and oxygen atoms in total. The van der Waals surface area contributed by atoms with Crippen LogP contribution < -0.4 is 5.73 Å². The van der Waals surface area contributed by atoms with Crippen molar-refractivity contribution in [2.24, 2.45) is 0 Å². The van der Waals surface area contributed by atoms with Gasteiger partial charge in [0, 0.05) is 46.4 Å². The van der Waals surface area contributed by atoms with E-state index in [2.05, 4.69) is 67.7 Å². The standard InChI is InChI=1S/C18H26FNO4Si.C18H28FNO2Si.CH3.Pd.H2/c1-18(2,3)25(4,5)24-17-10-12(6-9-16(17)21)14-8-7-13(20(22)23)11-15(14)19;1-18(2,3)23(4,5)22-17-10-12(6-9-16(17)21)14-8-7-13(20)11-15(14)19;;;/h7-8,11-12,17H,6,9-10H2,1-5H3;7-8,11-12,17H,6,9-10,20H2,1-5H3;1H3;;1H/q;;-1;;/t2*12-,17+;;;/m11.../s1. The van der Waals surface area contributed by atoms with Crippen LogP contribution in [0.3, 0.4) is 0 Å². The van der Waals surface area contributed by atoms with Crippen LogP contribution in [-0.4, -0.2) is 45.3 Å². The summed E-state index contributed by atoms with van der Waals surface area (Å²) < 4.78 is 41.1. The number of nitro groups is 1. The summed E-state index contributed by atoms with van der Waals surface area (Å²) in [6, 6.07) is 8.56. The molecule has 2 N–H and O–H groups in total. The van der Waals surface area contributed by atoms with E-state index >= 15 is 0 Å². The number of hydrogen-bond acceptors (Lipinski definition) is 7. The van der Waals surface area contributed by atoms with Crippen molar-refractivity contribution in [2.45, 2.75) is 140 Å². The maximum absolute atomic E-state index is 14.3. The Balaban J connectivity index is 0.000000929. The number of nitrogens with two attached hydrogens (primary N) is 1. The molecule has 50 heavy (non-hydrogen) atoms. The maximum Gasteiger partial charge on any atom is 0.272 e. The third-order valence-electron chi connectivity index (χ3n) is 10.8. The van der Waals surface area contributed by atoms with E-state index in [9.17, 15) is 28.5 Å². The van der Waals surface area contributed by atoms with Gasteiger partial charge in [-0.2, -0.15) is 0 Å². The van der Waals surface area contributed by atoms with E-state index in [-0.39, 0.29) is 74.3 Å². The average Bonchev–Trinajstić information content (AvgIpc) is 2.94. The molecule has 2 saturated carbocycles. The molecule has 0 bridgehead atoms. The van der Waals surface area contributed by atoms with Crippen LogP contribution >= 0.6 is 0 Å². The Kier molecular flexibility index (Phi) is 16.1. The molecule has 4 atom stereocenters. The number of carbonyl (C=O) groups excluding carboxylic acids is 2. The van der Waals surface area contributed by atoms with Gasteiger partial charge < -0.3 is 22.0 Å². The number of carbonyl (C=O) groups is 2. The van der Waals surface area contributed by atoms with Gasteiger partial charge in [0.05, 0.1) is 11.0 Å². The van der Waals surface area contributed by atoms with Crippen LogP contribution in [0.5, 0.6) is 0 Å². The summed E-state index contributed by atoms with van der Waals surface area (Å²) in [6.45, 7) is 21.3.